The summed E-state index contributed by atoms with van der Waals surface area (Å²) in [4.78, 5) is 0. The summed E-state index contributed by atoms with van der Waals surface area (Å²) >= 11 is 0. The van der Waals surface area contributed by atoms with Gasteiger partial charge in [-0.1, -0.05) is 51.1 Å². The van der Waals surface area contributed by atoms with Crippen LogP contribution in [0.25, 0.3) is 10.8 Å². The zero-order chi connectivity index (χ0) is 15.7. The first kappa shape index (κ1) is 14.2. The second kappa shape index (κ2) is 4.33. The van der Waals surface area contributed by atoms with E-state index >= 15 is 0 Å². The molecule has 2 nitrogen and oxygen atoms in total. The third-order valence-corrected chi connectivity index (χ3v) is 5.61. The third kappa shape index (κ3) is 1.74. The van der Waals surface area contributed by atoms with Gasteiger partial charge in [0.15, 0.2) is 5.79 Å². The summed E-state index contributed by atoms with van der Waals surface area (Å²) in [5, 5.41) is 13.3. The Bertz CT molecular complexity index is 756. The molecule has 2 aromatic carbocycles. The monoisotopic (exact) mass is 296 g/mol. The van der Waals surface area contributed by atoms with E-state index in [1.165, 1.54) is 27.5 Å². The molecule has 1 N–H and O–H groups in total. The third-order valence-electron chi connectivity index (χ3n) is 5.61. The molecule has 0 saturated heterocycles. The number of hydrogen-bond donors (Lipinski definition) is 1. The van der Waals surface area contributed by atoms with Crippen LogP contribution in [0.2, 0.25) is 0 Å². The van der Waals surface area contributed by atoms with Crippen LogP contribution in [0, 0.1) is 5.92 Å². The largest absolute Gasteiger partial charge is 0.365 e. The number of benzene rings is 2. The molecule has 0 amide bonds. The van der Waals surface area contributed by atoms with Crippen LogP contribution in [0.5, 0.6) is 0 Å². The minimum atomic E-state index is -0.947. The summed E-state index contributed by atoms with van der Waals surface area (Å²) in [5.41, 5.74) is 4.25. The van der Waals surface area contributed by atoms with Gasteiger partial charge in [-0.3, -0.25) is 0 Å². The van der Waals surface area contributed by atoms with Crippen LogP contribution in [-0.2, 0) is 16.6 Å². The SMILES string of the molecule is COC1(O)C2CCc3cc(C(C)(C)C)c4ccccc4c3C21. The van der Waals surface area contributed by atoms with E-state index in [2.05, 4.69) is 51.1 Å². The highest BCUT2D eigenvalue weighted by molar-refractivity contribution is 5.92. The lowest BCUT2D eigenvalue weighted by Gasteiger charge is -2.26. The molecule has 2 heteroatoms. The highest BCUT2D eigenvalue weighted by Gasteiger charge is 2.67. The molecule has 0 heterocycles. The minimum Gasteiger partial charge on any atom is -0.365 e. The van der Waals surface area contributed by atoms with Crippen LogP contribution >= 0.6 is 0 Å². The van der Waals surface area contributed by atoms with Crippen molar-refractivity contribution in [2.75, 3.05) is 7.11 Å². The van der Waals surface area contributed by atoms with Gasteiger partial charge in [0.25, 0.3) is 0 Å². The van der Waals surface area contributed by atoms with E-state index in [0.29, 0.717) is 0 Å². The number of aliphatic hydroxyl groups is 1. The molecule has 116 valence electrons. The Morgan fingerprint density at radius 3 is 2.50 bits per heavy atom. The van der Waals surface area contributed by atoms with E-state index in [1.807, 2.05) is 0 Å². The summed E-state index contributed by atoms with van der Waals surface area (Å²) in [6, 6.07) is 11.0. The zero-order valence-electron chi connectivity index (χ0n) is 13.8. The molecule has 2 aliphatic rings. The summed E-state index contributed by atoms with van der Waals surface area (Å²) in [6.07, 6.45) is 2.06. The van der Waals surface area contributed by atoms with Gasteiger partial charge in [-0.15, -0.1) is 0 Å². The van der Waals surface area contributed by atoms with Crippen LogP contribution in [-0.4, -0.2) is 18.0 Å². The average Bonchev–Trinajstić information content (AvgIpc) is 3.11. The van der Waals surface area contributed by atoms with Gasteiger partial charge in [-0.2, -0.15) is 0 Å². The zero-order valence-corrected chi connectivity index (χ0v) is 13.8. The van der Waals surface area contributed by atoms with Crippen molar-refractivity contribution in [1.82, 2.24) is 0 Å². The Morgan fingerprint density at radius 2 is 1.86 bits per heavy atom. The molecule has 0 spiro atoms. The molecule has 3 unspecified atom stereocenters. The van der Waals surface area contributed by atoms with Gasteiger partial charge in [-0.25, -0.2) is 0 Å². The lowest BCUT2D eigenvalue weighted by molar-refractivity contribution is -0.117. The van der Waals surface area contributed by atoms with Crippen molar-refractivity contribution >= 4 is 10.8 Å². The van der Waals surface area contributed by atoms with Crippen LogP contribution in [0.1, 0.15) is 49.8 Å². The van der Waals surface area contributed by atoms with E-state index in [4.69, 9.17) is 4.74 Å². The number of methoxy groups -OCH3 is 1. The van der Waals surface area contributed by atoms with E-state index in [0.717, 1.165) is 12.8 Å². The number of hydrogen-bond acceptors (Lipinski definition) is 2. The average molecular weight is 296 g/mol. The van der Waals surface area contributed by atoms with Crippen molar-refractivity contribution < 1.29 is 9.84 Å². The van der Waals surface area contributed by atoms with Gasteiger partial charge in [0.1, 0.15) is 0 Å². The van der Waals surface area contributed by atoms with E-state index in [-0.39, 0.29) is 17.3 Å². The molecule has 22 heavy (non-hydrogen) atoms. The van der Waals surface area contributed by atoms with Crippen LogP contribution in [0.15, 0.2) is 30.3 Å². The molecule has 1 saturated carbocycles. The quantitative estimate of drug-likeness (QED) is 0.802. The molecule has 1 fully saturated rings. The smallest absolute Gasteiger partial charge is 0.176 e. The topological polar surface area (TPSA) is 29.5 Å². The highest BCUT2D eigenvalue weighted by atomic mass is 16.6. The van der Waals surface area contributed by atoms with Crippen molar-refractivity contribution in [3.05, 3.63) is 47.0 Å². The fraction of sp³-hybridized carbons (Fsp3) is 0.500. The van der Waals surface area contributed by atoms with Crippen molar-refractivity contribution in [1.29, 1.82) is 0 Å². The Kier molecular flexibility index (Phi) is 2.80. The van der Waals surface area contributed by atoms with Gasteiger partial charge in [0, 0.05) is 18.9 Å². The standard InChI is InChI=1S/C20H24O2/c1-19(2,3)16-11-12-9-10-15-18(20(15,21)22-4)17(12)14-8-6-5-7-13(14)16/h5-8,11,15,18,21H,9-10H2,1-4H3. The Balaban J connectivity index is 2.01. The van der Waals surface area contributed by atoms with Crippen molar-refractivity contribution in [3.8, 4) is 0 Å². The van der Waals surface area contributed by atoms with Crippen molar-refractivity contribution in [3.63, 3.8) is 0 Å². The molecule has 3 atom stereocenters. The van der Waals surface area contributed by atoms with Gasteiger partial charge in [0.05, 0.1) is 0 Å². The summed E-state index contributed by atoms with van der Waals surface area (Å²) in [6.45, 7) is 6.82. The Hall–Kier alpha value is -1.38. The normalized spacial score (nSPS) is 30.0. The predicted molar refractivity (Wildman–Crippen MR) is 89.2 cm³/mol. The second-order valence-corrected chi connectivity index (χ2v) is 7.87. The molecule has 4 rings (SSSR count). The van der Waals surface area contributed by atoms with E-state index < -0.39 is 5.79 Å². The molecular weight excluding hydrogens is 272 g/mol. The first-order valence-electron chi connectivity index (χ1n) is 8.20. The molecular formula is C20H24O2. The van der Waals surface area contributed by atoms with Gasteiger partial charge in [0.2, 0.25) is 0 Å². The summed E-state index contributed by atoms with van der Waals surface area (Å²) < 4.78 is 5.45. The lowest BCUT2D eigenvalue weighted by atomic mass is 9.78. The molecule has 2 aromatic rings. The Morgan fingerprint density at radius 1 is 1.18 bits per heavy atom. The number of aryl methyl sites for hydroxylation is 1. The van der Waals surface area contributed by atoms with Crippen molar-refractivity contribution in [2.24, 2.45) is 5.92 Å². The van der Waals surface area contributed by atoms with Crippen LogP contribution in [0.3, 0.4) is 0 Å². The molecule has 2 aliphatic carbocycles. The van der Waals surface area contributed by atoms with Gasteiger partial charge < -0.3 is 9.84 Å². The van der Waals surface area contributed by atoms with E-state index in [9.17, 15) is 5.11 Å². The fourth-order valence-corrected chi connectivity index (χ4v) is 4.44. The Labute approximate surface area is 132 Å². The van der Waals surface area contributed by atoms with Crippen molar-refractivity contribution in [2.45, 2.75) is 50.7 Å². The molecule has 0 aliphatic heterocycles. The maximum Gasteiger partial charge on any atom is 0.176 e. The molecule has 0 radical (unpaired) electrons. The molecule has 0 bridgehead atoms. The minimum absolute atomic E-state index is 0.118. The number of ether oxygens (including phenoxy) is 1. The second-order valence-electron chi connectivity index (χ2n) is 7.87. The van der Waals surface area contributed by atoms with E-state index in [1.54, 1.807) is 7.11 Å². The van der Waals surface area contributed by atoms with Gasteiger partial charge >= 0.3 is 0 Å². The first-order valence-corrected chi connectivity index (χ1v) is 8.20. The maximum atomic E-state index is 10.7. The lowest BCUT2D eigenvalue weighted by Crippen LogP contribution is -2.15. The fourth-order valence-electron chi connectivity index (χ4n) is 4.44. The maximum absolute atomic E-state index is 10.7. The summed E-state index contributed by atoms with van der Waals surface area (Å²) in [5.74, 6) is -0.550. The number of rotatable bonds is 1. The molecule has 0 aromatic heterocycles. The predicted octanol–water partition coefficient (Wildman–Crippen LogP) is 4.13. The van der Waals surface area contributed by atoms with Gasteiger partial charge in [-0.05, 0) is 45.7 Å². The number of fused-ring (bicyclic) bond motifs is 5. The summed E-state index contributed by atoms with van der Waals surface area (Å²) in [7, 11) is 1.63. The highest BCUT2D eigenvalue weighted by Crippen LogP contribution is 2.64. The first-order chi connectivity index (χ1) is 10.4. The van der Waals surface area contributed by atoms with Crippen LogP contribution in [0.4, 0.5) is 0 Å². The van der Waals surface area contributed by atoms with Crippen LogP contribution < -0.4 is 0 Å².